The number of aromatic hydroxyl groups is 1. The van der Waals surface area contributed by atoms with Crippen molar-refractivity contribution in [3.63, 3.8) is 0 Å². The molecule has 0 saturated carbocycles. The average Bonchev–Trinajstić information content (AvgIpc) is 2.87. The molecule has 0 amide bonds. The van der Waals surface area contributed by atoms with Gasteiger partial charge >= 0.3 is 0 Å². The van der Waals surface area contributed by atoms with Crippen molar-refractivity contribution in [2.45, 2.75) is 11.4 Å². The molecule has 1 saturated heterocycles. The molecule has 168 valence electrons. The summed E-state index contributed by atoms with van der Waals surface area (Å²) < 4.78 is 27.9. The molecule has 1 aromatic heterocycles. The Balaban J connectivity index is 1.25. The van der Waals surface area contributed by atoms with Gasteiger partial charge < -0.3 is 5.11 Å². The molecule has 7 heteroatoms. The van der Waals surface area contributed by atoms with Gasteiger partial charge in [0.2, 0.25) is 10.0 Å². The van der Waals surface area contributed by atoms with Gasteiger partial charge in [0.1, 0.15) is 11.3 Å². The predicted molar refractivity (Wildman–Crippen MR) is 129 cm³/mol. The van der Waals surface area contributed by atoms with Gasteiger partial charge in [-0.25, -0.2) is 8.42 Å². The first-order chi connectivity index (χ1) is 16.0. The van der Waals surface area contributed by atoms with Crippen molar-refractivity contribution in [3.05, 3.63) is 90.6 Å². The molecule has 0 unspecified atom stereocenters. The zero-order valence-corrected chi connectivity index (χ0v) is 18.9. The SMILES string of the molecule is O=S(=O)(c1ccc(-c2ccccc2)cc1)N1CCN(Cc2ccc3cccnc3c2O)CC1. The largest absolute Gasteiger partial charge is 0.505 e. The van der Waals surface area contributed by atoms with Crippen molar-refractivity contribution >= 4 is 20.9 Å². The maximum atomic E-state index is 13.2. The lowest BCUT2D eigenvalue weighted by molar-refractivity contribution is 0.180. The Hall–Kier alpha value is -3.26. The fourth-order valence-electron chi connectivity index (χ4n) is 4.27. The van der Waals surface area contributed by atoms with Gasteiger partial charge in [-0.05, 0) is 29.3 Å². The molecule has 0 spiro atoms. The molecular formula is C26H25N3O3S. The number of phenolic OH excluding ortho intramolecular Hbond substituents is 1. The van der Waals surface area contributed by atoms with E-state index in [1.165, 1.54) is 0 Å². The summed E-state index contributed by atoms with van der Waals surface area (Å²) in [6, 6.07) is 24.6. The van der Waals surface area contributed by atoms with E-state index >= 15 is 0 Å². The maximum absolute atomic E-state index is 13.2. The second kappa shape index (κ2) is 8.94. The van der Waals surface area contributed by atoms with Crippen LogP contribution in [0.2, 0.25) is 0 Å². The quantitative estimate of drug-likeness (QED) is 0.486. The number of hydrogen-bond acceptors (Lipinski definition) is 5. The Morgan fingerprint density at radius 2 is 1.48 bits per heavy atom. The second-order valence-electron chi connectivity index (χ2n) is 8.22. The van der Waals surface area contributed by atoms with Crippen molar-refractivity contribution in [1.82, 2.24) is 14.2 Å². The fourth-order valence-corrected chi connectivity index (χ4v) is 5.69. The van der Waals surface area contributed by atoms with Crippen molar-refractivity contribution < 1.29 is 13.5 Å². The Kier molecular flexibility index (Phi) is 5.85. The zero-order chi connectivity index (χ0) is 22.8. The molecule has 0 bridgehead atoms. The Morgan fingerprint density at radius 3 is 2.21 bits per heavy atom. The molecular weight excluding hydrogens is 434 g/mol. The van der Waals surface area contributed by atoms with Gasteiger partial charge in [0, 0.05) is 49.9 Å². The standard InChI is InChI=1S/C26H25N3O3S/c30-26-23(9-8-22-7-4-14-27-25(22)26)19-28-15-17-29(18-16-28)33(31,32)24-12-10-21(11-13-24)20-5-2-1-3-6-20/h1-14,30H,15-19H2. The average molecular weight is 460 g/mol. The highest BCUT2D eigenvalue weighted by Gasteiger charge is 2.28. The lowest BCUT2D eigenvalue weighted by atomic mass is 10.1. The van der Waals surface area contributed by atoms with Crippen LogP contribution in [0.3, 0.4) is 0 Å². The van der Waals surface area contributed by atoms with Crippen LogP contribution in [0, 0.1) is 0 Å². The summed E-state index contributed by atoms with van der Waals surface area (Å²) in [5.41, 5.74) is 3.44. The van der Waals surface area contributed by atoms with E-state index in [1.54, 1.807) is 22.6 Å². The molecule has 5 rings (SSSR count). The van der Waals surface area contributed by atoms with E-state index < -0.39 is 10.0 Å². The Labute approximate surface area is 193 Å². The van der Waals surface area contributed by atoms with Gasteiger partial charge in [0.15, 0.2) is 0 Å². The number of nitrogens with zero attached hydrogens (tertiary/aromatic N) is 3. The third-order valence-electron chi connectivity index (χ3n) is 6.16. The van der Waals surface area contributed by atoms with Gasteiger partial charge in [-0.3, -0.25) is 9.88 Å². The summed E-state index contributed by atoms with van der Waals surface area (Å²) >= 11 is 0. The van der Waals surface area contributed by atoms with E-state index in [0.29, 0.717) is 43.1 Å². The lowest BCUT2D eigenvalue weighted by Crippen LogP contribution is -2.48. The van der Waals surface area contributed by atoms with Gasteiger partial charge in [-0.1, -0.05) is 60.7 Å². The third-order valence-corrected chi connectivity index (χ3v) is 8.07. The number of phenols is 1. The summed E-state index contributed by atoms with van der Waals surface area (Å²) in [5.74, 6) is 0.196. The highest BCUT2D eigenvalue weighted by atomic mass is 32.2. The minimum atomic E-state index is -3.55. The van der Waals surface area contributed by atoms with Crippen LogP contribution in [0.4, 0.5) is 0 Å². The summed E-state index contributed by atoms with van der Waals surface area (Å²) in [6.07, 6.45) is 1.67. The third kappa shape index (κ3) is 4.35. The number of piperazine rings is 1. The van der Waals surface area contributed by atoms with E-state index in [2.05, 4.69) is 9.88 Å². The van der Waals surface area contributed by atoms with Crippen LogP contribution in [0.1, 0.15) is 5.56 Å². The first kappa shape index (κ1) is 21.6. The van der Waals surface area contributed by atoms with Gasteiger partial charge in [-0.15, -0.1) is 0 Å². The normalized spacial score (nSPS) is 15.6. The first-order valence-electron chi connectivity index (χ1n) is 11.0. The van der Waals surface area contributed by atoms with E-state index in [4.69, 9.17) is 0 Å². The number of benzene rings is 3. The topological polar surface area (TPSA) is 73.7 Å². The van der Waals surface area contributed by atoms with Crippen LogP contribution in [0.25, 0.3) is 22.0 Å². The number of rotatable bonds is 5. The number of sulfonamides is 1. The molecule has 6 nitrogen and oxygen atoms in total. The van der Waals surface area contributed by atoms with Crippen molar-refractivity contribution in [2.75, 3.05) is 26.2 Å². The van der Waals surface area contributed by atoms with Crippen molar-refractivity contribution in [2.24, 2.45) is 0 Å². The molecule has 1 aliphatic rings. The molecule has 3 aromatic carbocycles. The van der Waals surface area contributed by atoms with Gasteiger partial charge in [0.05, 0.1) is 4.90 Å². The number of aromatic nitrogens is 1. The van der Waals surface area contributed by atoms with Crippen LogP contribution in [-0.2, 0) is 16.6 Å². The van der Waals surface area contributed by atoms with E-state index in [-0.39, 0.29) is 5.75 Å². The van der Waals surface area contributed by atoms with Gasteiger partial charge in [0.25, 0.3) is 0 Å². The summed E-state index contributed by atoms with van der Waals surface area (Å²) in [6.45, 7) is 2.57. The number of hydrogen-bond donors (Lipinski definition) is 1. The Morgan fingerprint density at radius 1 is 0.788 bits per heavy atom. The summed E-state index contributed by atoms with van der Waals surface area (Å²) in [4.78, 5) is 6.76. The molecule has 0 aliphatic carbocycles. The van der Waals surface area contributed by atoms with E-state index in [1.807, 2.05) is 66.7 Å². The Bertz CT molecular complexity index is 1370. The molecule has 4 aromatic rings. The van der Waals surface area contributed by atoms with Crippen LogP contribution >= 0.6 is 0 Å². The minimum absolute atomic E-state index is 0.196. The molecule has 2 heterocycles. The molecule has 1 N–H and O–H groups in total. The van der Waals surface area contributed by atoms with Crippen LogP contribution < -0.4 is 0 Å². The van der Waals surface area contributed by atoms with E-state index in [0.717, 1.165) is 22.1 Å². The molecule has 0 atom stereocenters. The minimum Gasteiger partial charge on any atom is -0.505 e. The van der Waals surface area contributed by atoms with E-state index in [9.17, 15) is 13.5 Å². The van der Waals surface area contributed by atoms with Crippen LogP contribution in [-0.4, -0.2) is 53.9 Å². The smallest absolute Gasteiger partial charge is 0.243 e. The molecule has 1 fully saturated rings. The molecule has 33 heavy (non-hydrogen) atoms. The predicted octanol–water partition coefficient (Wildman–Crippen LogP) is 4.11. The van der Waals surface area contributed by atoms with Crippen LogP contribution in [0.15, 0.2) is 90.0 Å². The second-order valence-corrected chi connectivity index (χ2v) is 10.2. The highest BCUT2D eigenvalue weighted by molar-refractivity contribution is 7.89. The molecule has 1 aliphatic heterocycles. The summed E-state index contributed by atoms with van der Waals surface area (Å²) in [5, 5.41) is 11.5. The lowest BCUT2D eigenvalue weighted by Gasteiger charge is -2.34. The van der Waals surface area contributed by atoms with Gasteiger partial charge in [-0.2, -0.15) is 4.31 Å². The first-order valence-corrected chi connectivity index (χ1v) is 12.4. The fraction of sp³-hybridized carbons (Fsp3) is 0.192. The monoisotopic (exact) mass is 459 g/mol. The zero-order valence-electron chi connectivity index (χ0n) is 18.1. The highest BCUT2D eigenvalue weighted by Crippen LogP contribution is 2.29. The molecule has 0 radical (unpaired) electrons. The van der Waals surface area contributed by atoms with Crippen LogP contribution in [0.5, 0.6) is 5.75 Å². The van der Waals surface area contributed by atoms with Crippen molar-refractivity contribution in [1.29, 1.82) is 0 Å². The number of fused-ring (bicyclic) bond motifs is 1. The van der Waals surface area contributed by atoms with Crippen molar-refractivity contribution in [3.8, 4) is 16.9 Å². The summed E-state index contributed by atoms with van der Waals surface area (Å²) in [7, 11) is -3.55. The maximum Gasteiger partial charge on any atom is 0.243 e. The number of pyridine rings is 1.